The monoisotopic (exact) mass is 669 g/mol. The van der Waals surface area contributed by atoms with E-state index in [1.54, 1.807) is 0 Å². The molecular weight excluding hydrogens is 635 g/mol. The van der Waals surface area contributed by atoms with Crippen molar-refractivity contribution in [2.45, 2.75) is 0 Å². The summed E-state index contributed by atoms with van der Waals surface area (Å²) in [7, 11) is 0. The van der Waals surface area contributed by atoms with Crippen LogP contribution in [0.3, 0.4) is 0 Å². The largest absolute Gasteiger partial charge is 0.453 e. The van der Waals surface area contributed by atoms with Crippen molar-refractivity contribution in [1.29, 1.82) is 0 Å². The average Bonchev–Trinajstić information content (AvgIpc) is 3.22. The molecule has 0 fully saturated rings. The van der Waals surface area contributed by atoms with Gasteiger partial charge in [-0.2, -0.15) is 0 Å². The average molecular weight is 670 g/mol. The first-order chi connectivity index (χ1) is 25.8. The van der Waals surface area contributed by atoms with Gasteiger partial charge in [0, 0.05) is 34.1 Å². The third-order valence-electron chi connectivity index (χ3n) is 9.43. The van der Waals surface area contributed by atoms with Crippen molar-refractivity contribution in [2.75, 3.05) is 15.1 Å². The van der Waals surface area contributed by atoms with E-state index in [2.05, 4.69) is 197 Å². The van der Waals surface area contributed by atoms with E-state index in [-0.39, 0.29) is 0 Å². The van der Waals surface area contributed by atoms with Gasteiger partial charge in [-0.1, -0.05) is 109 Å². The highest BCUT2D eigenvalue weighted by Crippen LogP contribution is 2.46. The van der Waals surface area contributed by atoms with Crippen LogP contribution in [0.2, 0.25) is 0 Å². The van der Waals surface area contributed by atoms with Gasteiger partial charge in [0.2, 0.25) is 0 Å². The molecule has 52 heavy (non-hydrogen) atoms. The molecular formula is C48H35N3O. The summed E-state index contributed by atoms with van der Waals surface area (Å²) < 4.78 is 6.58. The lowest BCUT2D eigenvalue weighted by Crippen LogP contribution is -2.09. The van der Waals surface area contributed by atoms with Gasteiger partial charge < -0.3 is 19.9 Å². The molecule has 0 unspecified atom stereocenters. The highest BCUT2D eigenvalue weighted by atomic mass is 16.5. The Balaban J connectivity index is 0.967. The van der Waals surface area contributed by atoms with E-state index in [0.29, 0.717) is 0 Å². The minimum absolute atomic E-state index is 0.804. The third-order valence-corrected chi connectivity index (χ3v) is 9.43. The van der Waals surface area contributed by atoms with Gasteiger partial charge in [-0.15, -0.1) is 0 Å². The number of rotatable bonds is 8. The topological polar surface area (TPSA) is 27.7 Å². The van der Waals surface area contributed by atoms with Crippen molar-refractivity contribution in [3.05, 3.63) is 206 Å². The minimum atomic E-state index is 0.804. The summed E-state index contributed by atoms with van der Waals surface area (Å²) in [4.78, 5) is 4.54. The van der Waals surface area contributed by atoms with Crippen LogP contribution >= 0.6 is 0 Å². The summed E-state index contributed by atoms with van der Waals surface area (Å²) in [5.74, 6) is 1.61. The molecule has 0 spiro atoms. The number of fused-ring (bicyclic) bond motifs is 2. The summed E-state index contributed by atoms with van der Waals surface area (Å²) in [6.45, 7) is 0. The van der Waals surface area contributed by atoms with Crippen LogP contribution in [0, 0.1) is 0 Å². The Bertz CT molecular complexity index is 2180. The van der Waals surface area contributed by atoms with Gasteiger partial charge in [0.05, 0.1) is 11.4 Å². The highest BCUT2D eigenvalue weighted by molar-refractivity contribution is 5.84. The van der Waals surface area contributed by atoms with E-state index in [0.717, 1.165) is 79.3 Å². The number of nitrogens with one attached hydrogen (secondary N) is 1. The first-order valence-electron chi connectivity index (χ1n) is 17.5. The van der Waals surface area contributed by atoms with Gasteiger partial charge in [-0.05, 0) is 119 Å². The Morgan fingerprint density at radius 3 is 0.904 bits per heavy atom. The predicted octanol–water partition coefficient (Wildman–Crippen LogP) is 13.8. The number of ether oxygens (including phenoxy) is 1. The van der Waals surface area contributed by atoms with Crippen LogP contribution in [0.25, 0.3) is 22.3 Å². The molecule has 1 aliphatic rings. The molecule has 9 rings (SSSR count). The van der Waals surface area contributed by atoms with Gasteiger partial charge in [0.15, 0.2) is 11.5 Å². The molecule has 0 bridgehead atoms. The van der Waals surface area contributed by atoms with E-state index >= 15 is 0 Å². The van der Waals surface area contributed by atoms with Crippen molar-refractivity contribution in [3.63, 3.8) is 0 Å². The zero-order valence-electron chi connectivity index (χ0n) is 28.4. The molecule has 8 aromatic carbocycles. The molecule has 1 N–H and O–H groups in total. The molecule has 0 atom stereocenters. The Kier molecular flexibility index (Phi) is 8.16. The molecule has 4 heteroatoms. The normalized spacial score (nSPS) is 11.4. The van der Waals surface area contributed by atoms with Crippen molar-refractivity contribution >= 4 is 45.5 Å². The van der Waals surface area contributed by atoms with E-state index in [9.17, 15) is 0 Å². The van der Waals surface area contributed by atoms with Crippen LogP contribution < -0.4 is 19.9 Å². The molecule has 0 aliphatic carbocycles. The van der Waals surface area contributed by atoms with Crippen LogP contribution in [-0.2, 0) is 0 Å². The summed E-state index contributed by atoms with van der Waals surface area (Å²) in [6.07, 6.45) is 0. The maximum absolute atomic E-state index is 6.58. The molecule has 0 saturated heterocycles. The first kappa shape index (κ1) is 31.0. The maximum Gasteiger partial charge on any atom is 0.151 e. The molecule has 248 valence electrons. The molecule has 0 aromatic heterocycles. The summed E-state index contributed by atoms with van der Waals surface area (Å²) >= 11 is 0. The molecule has 0 radical (unpaired) electrons. The van der Waals surface area contributed by atoms with Gasteiger partial charge in [-0.25, -0.2) is 0 Å². The third kappa shape index (κ3) is 6.14. The number of para-hydroxylation sites is 4. The smallest absolute Gasteiger partial charge is 0.151 e. The first-order valence-corrected chi connectivity index (χ1v) is 17.5. The van der Waals surface area contributed by atoms with E-state index < -0.39 is 0 Å². The van der Waals surface area contributed by atoms with Gasteiger partial charge in [-0.3, -0.25) is 0 Å². The molecule has 0 amide bonds. The van der Waals surface area contributed by atoms with E-state index in [4.69, 9.17) is 4.74 Å². The summed E-state index contributed by atoms with van der Waals surface area (Å²) in [5.41, 5.74) is 13.0. The molecule has 1 aliphatic heterocycles. The second-order valence-electron chi connectivity index (χ2n) is 12.8. The summed E-state index contributed by atoms with van der Waals surface area (Å²) in [5, 5.41) is 3.58. The fraction of sp³-hybridized carbons (Fsp3) is 0. The Morgan fingerprint density at radius 2 is 0.577 bits per heavy atom. The number of hydrogen-bond acceptors (Lipinski definition) is 4. The Morgan fingerprint density at radius 1 is 0.288 bits per heavy atom. The van der Waals surface area contributed by atoms with Crippen LogP contribution in [0.15, 0.2) is 206 Å². The second kappa shape index (κ2) is 13.7. The predicted molar refractivity (Wildman–Crippen MR) is 216 cm³/mol. The minimum Gasteiger partial charge on any atom is -0.453 e. The SMILES string of the molecule is c1ccc(N(c2ccccc2)c2ccc(-c3ccc4c(c3)Oc3cc(-c5ccc(N(c6ccccc6)c6ccccc6)cc5)ccc3N4)cc2)cc1. The zero-order chi connectivity index (χ0) is 34.7. The van der Waals surface area contributed by atoms with Crippen LogP contribution in [0.1, 0.15) is 0 Å². The fourth-order valence-corrected chi connectivity index (χ4v) is 6.85. The second-order valence-corrected chi connectivity index (χ2v) is 12.8. The number of benzene rings is 8. The Hall–Kier alpha value is -7.04. The van der Waals surface area contributed by atoms with Crippen LogP contribution in [0.4, 0.5) is 45.5 Å². The van der Waals surface area contributed by atoms with Gasteiger partial charge in [0.25, 0.3) is 0 Å². The summed E-state index contributed by atoms with van der Waals surface area (Å²) in [6, 6.07) is 72.0. The lowest BCUT2D eigenvalue weighted by molar-refractivity contribution is 0.481. The van der Waals surface area contributed by atoms with Crippen molar-refractivity contribution in [2.24, 2.45) is 0 Å². The fourth-order valence-electron chi connectivity index (χ4n) is 6.85. The van der Waals surface area contributed by atoms with Crippen molar-refractivity contribution < 1.29 is 4.74 Å². The van der Waals surface area contributed by atoms with E-state index in [1.165, 1.54) is 0 Å². The molecule has 4 nitrogen and oxygen atoms in total. The molecule has 1 heterocycles. The number of hydrogen-bond donors (Lipinski definition) is 1. The standard InChI is InChI=1S/C48H35N3O/c1-5-13-39(14-6-1)50(40-15-7-2-8-16-40)43-27-21-35(22-28-43)37-25-31-45-47(33-37)52-48-34-38(26-32-46(48)49-45)36-23-29-44(30-24-36)51(41-17-9-3-10-18-41)42-19-11-4-12-20-42/h1-34,49H. The molecule has 0 saturated carbocycles. The number of nitrogens with zero attached hydrogens (tertiary/aromatic N) is 2. The number of anilines is 8. The maximum atomic E-state index is 6.58. The van der Waals surface area contributed by atoms with Crippen LogP contribution in [0.5, 0.6) is 11.5 Å². The highest BCUT2D eigenvalue weighted by Gasteiger charge is 2.19. The van der Waals surface area contributed by atoms with E-state index in [1.807, 2.05) is 24.3 Å². The zero-order valence-corrected chi connectivity index (χ0v) is 28.4. The lowest BCUT2D eigenvalue weighted by Gasteiger charge is -2.26. The van der Waals surface area contributed by atoms with Gasteiger partial charge in [0.1, 0.15) is 0 Å². The van der Waals surface area contributed by atoms with Crippen molar-refractivity contribution in [3.8, 4) is 33.8 Å². The van der Waals surface area contributed by atoms with Crippen molar-refractivity contribution in [1.82, 2.24) is 0 Å². The van der Waals surface area contributed by atoms with Gasteiger partial charge >= 0.3 is 0 Å². The Labute approximate surface area is 304 Å². The quantitative estimate of drug-likeness (QED) is 0.174. The molecule has 8 aromatic rings. The van der Waals surface area contributed by atoms with Crippen LogP contribution in [-0.4, -0.2) is 0 Å². The lowest BCUT2D eigenvalue weighted by atomic mass is 10.0.